The SMILES string of the molecule is CCCSc1ccc(-c2nc3nccnc3[nH]2)cc1. The van der Waals surface area contributed by atoms with Gasteiger partial charge in [0.05, 0.1) is 0 Å². The monoisotopic (exact) mass is 270 g/mol. The number of rotatable bonds is 4. The fourth-order valence-electron chi connectivity index (χ4n) is 1.81. The van der Waals surface area contributed by atoms with Gasteiger partial charge in [-0.2, -0.15) is 0 Å². The second-order valence-electron chi connectivity index (χ2n) is 4.19. The summed E-state index contributed by atoms with van der Waals surface area (Å²) in [4.78, 5) is 17.3. The Morgan fingerprint density at radius 1 is 1.11 bits per heavy atom. The normalized spacial score (nSPS) is 11.0. The van der Waals surface area contributed by atoms with E-state index in [-0.39, 0.29) is 0 Å². The highest BCUT2D eigenvalue weighted by atomic mass is 32.2. The van der Waals surface area contributed by atoms with Crippen molar-refractivity contribution in [2.45, 2.75) is 18.2 Å². The smallest absolute Gasteiger partial charge is 0.197 e. The zero-order valence-corrected chi connectivity index (χ0v) is 11.4. The first-order valence-corrected chi connectivity index (χ1v) is 7.25. The van der Waals surface area contributed by atoms with Crippen molar-refractivity contribution in [3.05, 3.63) is 36.7 Å². The number of hydrogen-bond donors (Lipinski definition) is 1. The zero-order chi connectivity index (χ0) is 13.1. The van der Waals surface area contributed by atoms with Crippen LogP contribution in [0.3, 0.4) is 0 Å². The average molecular weight is 270 g/mol. The summed E-state index contributed by atoms with van der Waals surface area (Å²) in [7, 11) is 0. The van der Waals surface area contributed by atoms with Gasteiger partial charge in [0.1, 0.15) is 5.82 Å². The van der Waals surface area contributed by atoms with Crippen LogP contribution in [0.4, 0.5) is 0 Å². The van der Waals surface area contributed by atoms with Crippen LogP contribution in [0, 0.1) is 0 Å². The molecule has 3 aromatic rings. The van der Waals surface area contributed by atoms with Crippen molar-refractivity contribution in [3.63, 3.8) is 0 Å². The third-order valence-corrected chi connectivity index (χ3v) is 3.95. The summed E-state index contributed by atoms with van der Waals surface area (Å²) in [5.41, 5.74) is 2.43. The summed E-state index contributed by atoms with van der Waals surface area (Å²) in [6, 6.07) is 8.42. The van der Waals surface area contributed by atoms with Gasteiger partial charge in [-0.25, -0.2) is 15.0 Å². The topological polar surface area (TPSA) is 54.5 Å². The van der Waals surface area contributed by atoms with Gasteiger partial charge in [0.25, 0.3) is 0 Å². The number of H-pyrrole nitrogens is 1. The summed E-state index contributed by atoms with van der Waals surface area (Å²) in [6.07, 6.45) is 4.50. The molecule has 0 saturated carbocycles. The van der Waals surface area contributed by atoms with E-state index in [9.17, 15) is 0 Å². The highest BCUT2D eigenvalue weighted by molar-refractivity contribution is 7.99. The van der Waals surface area contributed by atoms with E-state index in [1.807, 2.05) is 11.8 Å². The number of nitrogens with one attached hydrogen (secondary N) is 1. The first kappa shape index (κ1) is 12.2. The average Bonchev–Trinajstić information content (AvgIpc) is 2.89. The molecular formula is C14H14N4S. The standard InChI is InChI=1S/C14H14N4S/c1-2-9-19-11-5-3-10(4-6-11)12-17-13-14(18-12)16-8-7-15-13/h3-8H,2,9H2,1H3,(H,15,16,17,18). The molecular weight excluding hydrogens is 256 g/mol. The summed E-state index contributed by atoms with van der Waals surface area (Å²) >= 11 is 1.87. The van der Waals surface area contributed by atoms with Gasteiger partial charge in [0, 0.05) is 22.9 Å². The quantitative estimate of drug-likeness (QED) is 0.737. The van der Waals surface area contributed by atoms with Gasteiger partial charge in [-0.3, -0.25) is 0 Å². The van der Waals surface area contributed by atoms with Crippen LogP contribution >= 0.6 is 11.8 Å². The number of thioether (sulfide) groups is 1. The second-order valence-corrected chi connectivity index (χ2v) is 5.36. The maximum absolute atomic E-state index is 4.44. The van der Waals surface area contributed by atoms with E-state index in [0.29, 0.717) is 5.65 Å². The highest BCUT2D eigenvalue weighted by Gasteiger charge is 2.06. The number of aromatic nitrogens is 4. The van der Waals surface area contributed by atoms with Crippen molar-refractivity contribution in [2.75, 3.05) is 5.75 Å². The maximum Gasteiger partial charge on any atom is 0.197 e. The van der Waals surface area contributed by atoms with E-state index in [1.165, 1.54) is 11.3 Å². The van der Waals surface area contributed by atoms with Crippen molar-refractivity contribution >= 4 is 23.1 Å². The Bertz CT molecular complexity index is 642. The van der Waals surface area contributed by atoms with E-state index >= 15 is 0 Å². The Morgan fingerprint density at radius 3 is 2.63 bits per heavy atom. The van der Waals surface area contributed by atoms with Crippen molar-refractivity contribution in [1.29, 1.82) is 0 Å². The van der Waals surface area contributed by atoms with Crippen LogP contribution < -0.4 is 0 Å². The fraction of sp³-hybridized carbons (Fsp3) is 0.214. The minimum Gasteiger partial charge on any atom is -0.321 e. The van der Waals surface area contributed by atoms with Crippen LogP contribution in [-0.4, -0.2) is 25.7 Å². The second kappa shape index (κ2) is 5.40. The first-order valence-electron chi connectivity index (χ1n) is 6.27. The molecule has 0 radical (unpaired) electrons. The molecule has 0 spiro atoms. The number of fused-ring (bicyclic) bond motifs is 1. The predicted molar refractivity (Wildman–Crippen MR) is 78.1 cm³/mol. The van der Waals surface area contributed by atoms with Crippen LogP contribution in [0.1, 0.15) is 13.3 Å². The number of hydrogen-bond acceptors (Lipinski definition) is 4. The molecule has 3 rings (SSSR count). The molecule has 4 nitrogen and oxygen atoms in total. The third-order valence-electron chi connectivity index (χ3n) is 2.73. The van der Waals surface area contributed by atoms with E-state index in [1.54, 1.807) is 12.4 Å². The van der Waals surface area contributed by atoms with E-state index < -0.39 is 0 Å². The van der Waals surface area contributed by atoms with Gasteiger partial charge in [-0.1, -0.05) is 19.1 Å². The van der Waals surface area contributed by atoms with Gasteiger partial charge in [0.15, 0.2) is 11.3 Å². The van der Waals surface area contributed by atoms with E-state index in [2.05, 4.69) is 51.1 Å². The molecule has 96 valence electrons. The Hall–Kier alpha value is -1.88. The van der Waals surface area contributed by atoms with Crippen molar-refractivity contribution in [1.82, 2.24) is 19.9 Å². The molecule has 2 heterocycles. The minimum atomic E-state index is 0.655. The molecule has 0 fully saturated rings. The van der Waals surface area contributed by atoms with Gasteiger partial charge in [-0.15, -0.1) is 11.8 Å². The van der Waals surface area contributed by atoms with Crippen molar-refractivity contribution in [3.8, 4) is 11.4 Å². The van der Waals surface area contributed by atoms with Crippen LogP contribution in [-0.2, 0) is 0 Å². The molecule has 2 aromatic heterocycles. The van der Waals surface area contributed by atoms with Crippen LogP contribution in [0.2, 0.25) is 0 Å². The van der Waals surface area contributed by atoms with Crippen LogP contribution in [0.15, 0.2) is 41.6 Å². The van der Waals surface area contributed by atoms with Gasteiger partial charge in [0.2, 0.25) is 0 Å². The van der Waals surface area contributed by atoms with Gasteiger partial charge < -0.3 is 4.98 Å². The summed E-state index contributed by atoms with van der Waals surface area (Å²) in [5.74, 6) is 1.96. The third kappa shape index (κ3) is 2.61. The number of benzene rings is 1. The lowest BCUT2D eigenvalue weighted by molar-refractivity contribution is 1.10. The Morgan fingerprint density at radius 2 is 1.89 bits per heavy atom. The summed E-state index contributed by atoms with van der Waals surface area (Å²) < 4.78 is 0. The molecule has 0 aliphatic heterocycles. The molecule has 1 aromatic carbocycles. The lowest BCUT2D eigenvalue weighted by Gasteiger charge is -2.01. The fourth-order valence-corrected chi connectivity index (χ4v) is 2.58. The van der Waals surface area contributed by atoms with E-state index in [4.69, 9.17) is 0 Å². The Balaban J connectivity index is 1.88. The number of nitrogens with zero attached hydrogens (tertiary/aromatic N) is 3. The molecule has 0 bridgehead atoms. The zero-order valence-electron chi connectivity index (χ0n) is 10.6. The largest absolute Gasteiger partial charge is 0.321 e. The minimum absolute atomic E-state index is 0.655. The summed E-state index contributed by atoms with van der Waals surface area (Å²) in [6.45, 7) is 2.19. The number of imidazole rings is 1. The number of aromatic amines is 1. The van der Waals surface area contributed by atoms with Crippen molar-refractivity contribution in [2.24, 2.45) is 0 Å². The van der Waals surface area contributed by atoms with Gasteiger partial charge in [-0.05, 0) is 24.3 Å². The molecule has 0 aliphatic carbocycles. The molecule has 1 N–H and O–H groups in total. The van der Waals surface area contributed by atoms with E-state index in [0.717, 1.165) is 22.8 Å². The lowest BCUT2D eigenvalue weighted by atomic mass is 10.2. The maximum atomic E-state index is 4.44. The highest BCUT2D eigenvalue weighted by Crippen LogP contribution is 2.23. The molecule has 0 aliphatic rings. The molecule has 19 heavy (non-hydrogen) atoms. The summed E-state index contributed by atoms with van der Waals surface area (Å²) in [5, 5.41) is 0. The van der Waals surface area contributed by atoms with Crippen LogP contribution in [0.5, 0.6) is 0 Å². The molecule has 0 saturated heterocycles. The predicted octanol–water partition coefficient (Wildman–Crippen LogP) is 3.52. The first-order chi connectivity index (χ1) is 9.36. The van der Waals surface area contributed by atoms with Crippen molar-refractivity contribution < 1.29 is 0 Å². The Labute approximate surface area is 115 Å². The molecule has 0 atom stereocenters. The lowest BCUT2D eigenvalue weighted by Crippen LogP contribution is -1.81. The van der Waals surface area contributed by atoms with Crippen LogP contribution in [0.25, 0.3) is 22.7 Å². The molecule has 0 unspecified atom stereocenters. The Kier molecular flexibility index (Phi) is 3.46. The van der Waals surface area contributed by atoms with Gasteiger partial charge >= 0.3 is 0 Å². The molecule has 0 amide bonds. The molecule has 5 heteroatoms.